The van der Waals surface area contributed by atoms with Gasteiger partial charge < -0.3 is 14.2 Å². The largest absolute Gasteiger partial charge is 0.494 e. The zero-order valence-electron chi connectivity index (χ0n) is 23.0. The number of benzene rings is 3. The van der Waals surface area contributed by atoms with Crippen LogP contribution < -0.4 is 9.47 Å². The Morgan fingerprint density at radius 3 is 2.49 bits per heavy atom. The second-order valence-electron chi connectivity index (χ2n) is 9.97. The highest BCUT2D eigenvalue weighted by molar-refractivity contribution is 7.99. The number of carbonyl (C=O) groups excluding carboxylic acids is 1. The van der Waals surface area contributed by atoms with Crippen LogP contribution in [0, 0.1) is 13.8 Å². The van der Waals surface area contributed by atoms with Gasteiger partial charge in [0, 0.05) is 22.8 Å². The van der Waals surface area contributed by atoms with Crippen LogP contribution in [0.4, 0.5) is 0 Å². The molecule has 0 aliphatic carbocycles. The smallest absolute Gasteiger partial charge is 0.306 e. The highest BCUT2D eigenvalue weighted by atomic mass is 32.2. The summed E-state index contributed by atoms with van der Waals surface area (Å²) < 4.78 is 39.8. The third kappa shape index (κ3) is 8.02. The maximum Gasteiger partial charge on any atom is 0.306 e. The first kappa shape index (κ1) is 29.0. The summed E-state index contributed by atoms with van der Waals surface area (Å²) in [4.78, 5) is 13.1. The zero-order valence-corrected chi connectivity index (χ0v) is 24.6. The molecule has 0 bridgehead atoms. The van der Waals surface area contributed by atoms with Crippen LogP contribution in [0.25, 0.3) is 11.1 Å². The molecule has 6 nitrogen and oxygen atoms in total. The second-order valence-corrected chi connectivity index (χ2v) is 13.3. The lowest BCUT2D eigenvalue weighted by Crippen LogP contribution is -2.10. The monoisotopic (exact) mass is 568 g/mol. The summed E-state index contributed by atoms with van der Waals surface area (Å²) in [5.74, 6) is 2.61. The molecule has 0 saturated carbocycles. The molecule has 208 valence electrons. The summed E-state index contributed by atoms with van der Waals surface area (Å²) >= 11 is 1.76. The van der Waals surface area contributed by atoms with E-state index in [2.05, 4.69) is 44.2 Å². The van der Waals surface area contributed by atoms with Crippen molar-refractivity contribution in [1.29, 1.82) is 0 Å². The van der Waals surface area contributed by atoms with E-state index in [0.29, 0.717) is 32.7 Å². The van der Waals surface area contributed by atoms with Crippen LogP contribution >= 0.6 is 11.8 Å². The molecule has 1 atom stereocenters. The number of esters is 1. The highest BCUT2D eigenvalue weighted by Crippen LogP contribution is 2.43. The molecule has 1 heterocycles. The van der Waals surface area contributed by atoms with E-state index >= 15 is 0 Å². The van der Waals surface area contributed by atoms with Gasteiger partial charge in [0.25, 0.3) is 0 Å². The Bertz CT molecular complexity index is 1410. The first-order valence-corrected chi connectivity index (χ1v) is 16.2. The summed E-state index contributed by atoms with van der Waals surface area (Å²) in [6, 6.07) is 18.5. The van der Waals surface area contributed by atoms with Crippen molar-refractivity contribution in [3.8, 4) is 22.6 Å². The number of fused-ring (bicyclic) bond motifs is 1. The predicted molar refractivity (Wildman–Crippen MR) is 157 cm³/mol. The van der Waals surface area contributed by atoms with Crippen LogP contribution in [0.3, 0.4) is 0 Å². The third-order valence-corrected chi connectivity index (χ3v) is 8.90. The van der Waals surface area contributed by atoms with Crippen LogP contribution in [0.15, 0.2) is 59.5 Å². The molecule has 1 aliphatic rings. The van der Waals surface area contributed by atoms with Crippen molar-refractivity contribution in [2.45, 2.75) is 51.0 Å². The number of rotatable bonds is 12. The summed E-state index contributed by atoms with van der Waals surface area (Å²) in [5, 5.41) is 0. The van der Waals surface area contributed by atoms with E-state index in [0.717, 1.165) is 45.1 Å². The molecule has 0 aromatic heterocycles. The maximum absolute atomic E-state index is 11.9. The standard InChI is InChI=1S/C31H36O6S2/c1-5-35-30(32)17-25-20-38-29-18-26(10-11-28(25)29)37-19-23-8-6-9-24(16-23)31-21(2)14-27(15-22(31)3)36-12-7-13-39(4,33)34/h6,8-11,14-16,18,25H,5,7,12-13,17,19-20H2,1-4H3. The lowest BCUT2D eigenvalue weighted by Gasteiger charge is -2.15. The van der Waals surface area contributed by atoms with Crippen molar-refractivity contribution in [2.24, 2.45) is 0 Å². The van der Waals surface area contributed by atoms with Crippen molar-refractivity contribution in [1.82, 2.24) is 0 Å². The number of aryl methyl sites for hydroxylation is 2. The van der Waals surface area contributed by atoms with Gasteiger partial charge in [-0.1, -0.05) is 24.3 Å². The van der Waals surface area contributed by atoms with Crippen LogP contribution in [-0.2, 0) is 26.0 Å². The number of hydrogen-bond acceptors (Lipinski definition) is 7. The Balaban J connectivity index is 1.39. The average molecular weight is 569 g/mol. The minimum absolute atomic E-state index is 0.123. The van der Waals surface area contributed by atoms with E-state index in [-0.39, 0.29) is 17.6 Å². The SMILES string of the molecule is CCOC(=O)CC1CSc2cc(OCc3cccc(-c4c(C)cc(OCCCS(C)(=O)=O)cc4C)c3)ccc21. The number of sulfone groups is 1. The van der Waals surface area contributed by atoms with Gasteiger partial charge in [0.1, 0.15) is 27.9 Å². The van der Waals surface area contributed by atoms with Crippen molar-refractivity contribution in [3.05, 3.63) is 76.9 Å². The van der Waals surface area contributed by atoms with Crippen LogP contribution in [0.2, 0.25) is 0 Å². The van der Waals surface area contributed by atoms with Crippen molar-refractivity contribution >= 4 is 27.6 Å². The molecule has 3 aromatic rings. The van der Waals surface area contributed by atoms with Gasteiger partial charge in [-0.25, -0.2) is 8.42 Å². The number of hydrogen-bond donors (Lipinski definition) is 0. The van der Waals surface area contributed by atoms with E-state index in [1.807, 2.05) is 31.2 Å². The van der Waals surface area contributed by atoms with Gasteiger partial charge in [0.15, 0.2) is 0 Å². The van der Waals surface area contributed by atoms with Gasteiger partial charge >= 0.3 is 5.97 Å². The third-order valence-electron chi connectivity index (χ3n) is 6.64. The Morgan fingerprint density at radius 2 is 1.77 bits per heavy atom. The molecule has 0 amide bonds. The van der Waals surface area contributed by atoms with Gasteiger partial charge in [-0.2, -0.15) is 0 Å². The first-order valence-electron chi connectivity index (χ1n) is 13.2. The molecule has 0 spiro atoms. The molecule has 1 unspecified atom stereocenters. The summed E-state index contributed by atoms with van der Waals surface area (Å²) in [6.07, 6.45) is 2.12. The Morgan fingerprint density at radius 1 is 1.00 bits per heavy atom. The van der Waals surface area contributed by atoms with Gasteiger partial charge in [-0.05, 0) is 90.9 Å². The Kier molecular flexibility index (Phi) is 9.62. The predicted octanol–water partition coefficient (Wildman–Crippen LogP) is 6.51. The first-order chi connectivity index (χ1) is 18.6. The summed E-state index contributed by atoms with van der Waals surface area (Å²) in [7, 11) is -2.98. The van der Waals surface area contributed by atoms with E-state index in [9.17, 15) is 13.2 Å². The lowest BCUT2D eigenvalue weighted by atomic mass is 9.94. The second kappa shape index (κ2) is 12.9. The van der Waals surface area contributed by atoms with E-state index < -0.39 is 9.84 Å². The van der Waals surface area contributed by atoms with Crippen molar-refractivity contribution in [2.75, 3.05) is 31.0 Å². The molecular formula is C31H36O6S2. The summed E-state index contributed by atoms with van der Waals surface area (Å²) in [5.41, 5.74) is 6.72. The van der Waals surface area contributed by atoms with E-state index in [1.165, 1.54) is 16.7 Å². The highest BCUT2D eigenvalue weighted by Gasteiger charge is 2.26. The van der Waals surface area contributed by atoms with Crippen LogP contribution in [0.5, 0.6) is 11.5 Å². The van der Waals surface area contributed by atoms with Crippen molar-refractivity contribution in [3.63, 3.8) is 0 Å². The van der Waals surface area contributed by atoms with E-state index in [4.69, 9.17) is 14.2 Å². The zero-order chi connectivity index (χ0) is 28.0. The number of carbonyl (C=O) groups is 1. The maximum atomic E-state index is 11.9. The molecule has 3 aromatic carbocycles. The fraction of sp³-hybridized carbons (Fsp3) is 0.387. The molecule has 39 heavy (non-hydrogen) atoms. The molecule has 1 aliphatic heterocycles. The molecule has 0 radical (unpaired) electrons. The molecule has 0 N–H and O–H groups in total. The quantitative estimate of drug-likeness (QED) is 0.182. The van der Waals surface area contributed by atoms with Gasteiger partial charge in [0.2, 0.25) is 0 Å². The topological polar surface area (TPSA) is 78.9 Å². The van der Waals surface area contributed by atoms with Gasteiger partial charge in [-0.15, -0.1) is 11.8 Å². The molecule has 8 heteroatoms. The van der Waals surface area contributed by atoms with E-state index in [1.54, 1.807) is 11.8 Å². The molecule has 0 fully saturated rings. The fourth-order valence-electron chi connectivity index (χ4n) is 4.89. The molecular weight excluding hydrogens is 532 g/mol. The van der Waals surface area contributed by atoms with Crippen LogP contribution in [-0.4, -0.2) is 45.4 Å². The minimum atomic E-state index is -2.98. The van der Waals surface area contributed by atoms with Crippen molar-refractivity contribution < 1.29 is 27.4 Å². The van der Waals surface area contributed by atoms with Gasteiger partial charge in [0.05, 0.1) is 25.4 Å². The fourth-order valence-corrected chi connectivity index (χ4v) is 6.81. The molecule has 0 saturated heterocycles. The summed E-state index contributed by atoms with van der Waals surface area (Å²) in [6.45, 7) is 7.18. The Hall–Kier alpha value is -2.97. The Labute approximate surface area is 236 Å². The average Bonchev–Trinajstić information content (AvgIpc) is 3.26. The van der Waals surface area contributed by atoms with Crippen LogP contribution in [0.1, 0.15) is 47.9 Å². The normalized spacial score (nSPS) is 14.6. The molecule has 4 rings (SSSR count). The minimum Gasteiger partial charge on any atom is -0.494 e. The number of ether oxygens (including phenoxy) is 3. The van der Waals surface area contributed by atoms with Gasteiger partial charge in [-0.3, -0.25) is 4.79 Å². The lowest BCUT2D eigenvalue weighted by molar-refractivity contribution is -0.143. The number of thioether (sulfide) groups is 1.